The van der Waals surface area contributed by atoms with E-state index in [4.69, 9.17) is 0 Å². The highest BCUT2D eigenvalue weighted by Crippen LogP contribution is 2.50. The van der Waals surface area contributed by atoms with Crippen LogP contribution in [0.15, 0.2) is 314 Å². The lowest BCUT2D eigenvalue weighted by Crippen LogP contribution is -2.75. The SMILES string of the molecule is CC(C)(C)c1ccc2c3ccc(C(C)(C)C)cc3n(-c3cc4c5c(c3)N(c3ccccc3-c3ccccc3)c3cc(Br)ccc3B5c3cc([Si](c5ccccc5)(c5ccccc5)c5cccc(-c6ccccc6)c5)ccc3N4c3ccccc3-c3ccccc3)c2c1. The topological polar surface area (TPSA) is 11.4 Å². The van der Waals surface area contributed by atoms with Gasteiger partial charge in [0.15, 0.2) is 8.07 Å². The molecule has 0 spiro atoms. The molecule has 0 bridgehead atoms. The molecule has 0 aliphatic carbocycles. The van der Waals surface area contributed by atoms with Crippen LogP contribution in [0.3, 0.4) is 0 Å². The largest absolute Gasteiger partial charge is 0.311 e. The molecule has 0 radical (unpaired) electrons. The van der Waals surface area contributed by atoms with Gasteiger partial charge in [-0.3, -0.25) is 0 Å². The lowest BCUT2D eigenvalue weighted by Gasteiger charge is -2.46. The molecule has 0 saturated carbocycles. The van der Waals surface area contributed by atoms with Gasteiger partial charge in [0.05, 0.1) is 28.1 Å². The first-order valence-corrected chi connectivity index (χ1v) is 35.0. The molecular weight excluding hydrogens is 1190 g/mol. The Morgan fingerprint density at radius 1 is 0.315 bits per heavy atom. The summed E-state index contributed by atoms with van der Waals surface area (Å²) in [6.07, 6.45) is 0. The molecular formula is C86H69BBrN3Si. The fourth-order valence-electron chi connectivity index (χ4n) is 15.1. The monoisotopic (exact) mass is 1260 g/mol. The highest BCUT2D eigenvalue weighted by atomic mass is 79.9. The van der Waals surface area contributed by atoms with Crippen molar-refractivity contribution in [2.24, 2.45) is 0 Å². The Morgan fingerprint density at radius 2 is 0.761 bits per heavy atom. The van der Waals surface area contributed by atoms with E-state index in [-0.39, 0.29) is 17.5 Å². The number of halogens is 1. The van der Waals surface area contributed by atoms with Crippen LogP contribution in [0.5, 0.6) is 0 Å². The maximum atomic E-state index is 4.12. The number of rotatable bonds is 10. The number of anilines is 6. The zero-order valence-electron chi connectivity index (χ0n) is 52.7. The van der Waals surface area contributed by atoms with Gasteiger partial charge in [-0.15, -0.1) is 0 Å². The molecule has 0 unspecified atom stereocenters. The summed E-state index contributed by atoms with van der Waals surface area (Å²) in [4.78, 5) is 5.25. The van der Waals surface area contributed by atoms with E-state index in [0.717, 1.165) is 66.5 Å². The van der Waals surface area contributed by atoms with Gasteiger partial charge in [-0.25, -0.2) is 0 Å². The summed E-state index contributed by atoms with van der Waals surface area (Å²) in [6.45, 7) is 13.8. The smallest absolute Gasteiger partial charge is 0.252 e. The van der Waals surface area contributed by atoms with Crippen molar-refractivity contribution in [3.8, 4) is 39.1 Å². The molecule has 0 atom stereocenters. The summed E-state index contributed by atoms with van der Waals surface area (Å²) >= 11 is 4.12. The Labute approximate surface area is 550 Å². The van der Waals surface area contributed by atoms with E-state index in [1.807, 2.05) is 0 Å². The van der Waals surface area contributed by atoms with Crippen LogP contribution in [0.2, 0.25) is 0 Å². The third kappa shape index (κ3) is 9.44. The Balaban J connectivity index is 1.07. The van der Waals surface area contributed by atoms with Crippen LogP contribution < -0.4 is 46.9 Å². The zero-order chi connectivity index (χ0) is 62.5. The maximum absolute atomic E-state index is 4.12. The summed E-state index contributed by atoms with van der Waals surface area (Å²) in [5.74, 6) is 0. The first-order valence-electron chi connectivity index (χ1n) is 32.2. The molecule has 16 rings (SSSR count). The number of aromatic nitrogens is 1. The number of hydrogen-bond donors (Lipinski definition) is 0. The molecule has 0 N–H and O–H groups in total. The summed E-state index contributed by atoms with van der Waals surface area (Å²) in [5.41, 5.74) is 23.4. The lowest BCUT2D eigenvalue weighted by molar-refractivity contribution is 0.591. The van der Waals surface area contributed by atoms with Gasteiger partial charge in [0.2, 0.25) is 0 Å². The average molecular weight is 1260 g/mol. The van der Waals surface area contributed by atoms with Gasteiger partial charge in [-0.05, 0) is 136 Å². The summed E-state index contributed by atoms with van der Waals surface area (Å²) < 4.78 is 3.62. The van der Waals surface area contributed by atoms with Crippen LogP contribution in [0.25, 0.3) is 60.9 Å². The standard InChI is InChI=1S/C86H69BBrN3Si/c1-85(2,3)62-43-47-72-73-48-44-63(86(4,5)6)53-80(73)89(79(72)52-62)65-55-82-84-83(56-65)91(77-42-25-23-40-71(77)60-31-16-9-17-32-60)81-54-64(88)45-49-74(81)87(84)75-57-69(46-50-78(75)90(82)76-41-24-22-39-70(76)59-29-14-8-15-30-59)92(66-34-18-10-19-35-66,67-36-20-11-21-37-67)68-38-26-33-61(51-68)58-27-12-7-13-28-58/h7-57H,1-6H3. The van der Waals surface area contributed by atoms with E-state index in [1.165, 1.54) is 81.2 Å². The molecule has 2 aliphatic rings. The summed E-state index contributed by atoms with van der Waals surface area (Å²) in [6, 6.07) is 117. The molecule has 13 aromatic carbocycles. The zero-order valence-corrected chi connectivity index (χ0v) is 55.3. The maximum Gasteiger partial charge on any atom is 0.252 e. The molecule has 0 saturated heterocycles. The third-order valence-corrected chi connectivity index (χ3v) is 24.7. The molecule has 3 nitrogen and oxygen atoms in total. The van der Waals surface area contributed by atoms with Crippen molar-refractivity contribution in [1.29, 1.82) is 0 Å². The van der Waals surface area contributed by atoms with Crippen molar-refractivity contribution in [1.82, 2.24) is 4.57 Å². The molecule has 0 fully saturated rings. The Bertz CT molecular complexity index is 5040. The normalized spacial score (nSPS) is 12.9. The van der Waals surface area contributed by atoms with E-state index in [1.54, 1.807) is 0 Å². The Hall–Kier alpha value is -9.98. The number of nitrogens with zero attached hydrogens (tertiary/aromatic N) is 3. The van der Waals surface area contributed by atoms with E-state index < -0.39 is 8.07 Å². The Morgan fingerprint density at radius 3 is 1.28 bits per heavy atom. The molecule has 442 valence electrons. The van der Waals surface area contributed by atoms with Crippen LogP contribution in [-0.4, -0.2) is 19.4 Å². The highest BCUT2D eigenvalue weighted by Gasteiger charge is 2.48. The van der Waals surface area contributed by atoms with Crippen LogP contribution in [-0.2, 0) is 10.8 Å². The number of para-hydroxylation sites is 2. The third-order valence-electron chi connectivity index (χ3n) is 19.5. The van der Waals surface area contributed by atoms with Gasteiger partial charge in [0.1, 0.15) is 0 Å². The molecule has 3 heterocycles. The van der Waals surface area contributed by atoms with Crippen molar-refractivity contribution < 1.29 is 0 Å². The lowest BCUT2D eigenvalue weighted by atomic mass is 9.33. The fraction of sp³-hybridized carbons (Fsp3) is 0.0930. The second-order valence-electron chi connectivity index (χ2n) is 27.0. The number of benzene rings is 13. The van der Waals surface area contributed by atoms with Gasteiger partial charge in [-0.1, -0.05) is 312 Å². The predicted octanol–water partition coefficient (Wildman–Crippen LogP) is 18.6. The fourth-order valence-corrected chi connectivity index (χ4v) is 20.2. The van der Waals surface area contributed by atoms with Gasteiger partial charge in [0, 0.05) is 49.1 Å². The molecule has 2 aliphatic heterocycles. The van der Waals surface area contributed by atoms with E-state index >= 15 is 0 Å². The molecule has 1 aromatic heterocycles. The molecule has 14 aromatic rings. The Kier molecular flexibility index (Phi) is 14.0. The first kappa shape index (κ1) is 57.2. The first-order chi connectivity index (χ1) is 44.8. The second kappa shape index (κ2) is 22.4. The van der Waals surface area contributed by atoms with Gasteiger partial charge >= 0.3 is 0 Å². The van der Waals surface area contributed by atoms with E-state index in [2.05, 4.69) is 381 Å². The minimum atomic E-state index is -3.20. The second-order valence-corrected chi connectivity index (χ2v) is 31.7. The van der Waals surface area contributed by atoms with Crippen molar-refractivity contribution in [3.05, 3.63) is 325 Å². The minimum absolute atomic E-state index is 0.0944. The molecule has 92 heavy (non-hydrogen) atoms. The van der Waals surface area contributed by atoms with E-state index in [9.17, 15) is 0 Å². The van der Waals surface area contributed by atoms with E-state index in [0.29, 0.717) is 0 Å². The van der Waals surface area contributed by atoms with Gasteiger partial charge in [-0.2, -0.15) is 0 Å². The predicted molar refractivity (Wildman–Crippen MR) is 400 cm³/mol. The summed E-state index contributed by atoms with van der Waals surface area (Å²) in [5, 5.41) is 7.79. The average Bonchev–Trinajstić information content (AvgIpc) is 0.767. The van der Waals surface area contributed by atoms with Gasteiger partial charge < -0.3 is 14.4 Å². The summed E-state index contributed by atoms with van der Waals surface area (Å²) in [7, 11) is -3.20. The molecule has 6 heteroatoms. The van der Waals surface area contributed by atoms with Crippen molar-refractivity contribution in [3.63, 3.8) is 0 Å². The van der Waals surface area contributed by atoms with Crippen LogP contribution in [0.1, 0.15) is 52.7 Å². The quantitative estimate of drug-likeness (QED) is 0.0999. The van der Waals surface area contributed by atoms with Crippen LogP contribution >= 0.6 is 15.9 Å². The highest BCUT2D eigenvalue weighted by molar-refractivity contribution is 9.10. The minimum Gasteiger partial charge on any atom is -0.311 e. The van der Waals surface area contributed by atoms with Crippen molar-refractivity contribution in [2.75, 3.05) is 9.80 Å². The van der Waals surface area contributed by atoms with Gasteiger partial charge in [0.25, 0.3) is 6.71 Å². The number of hydrogen-bond acceptors (Lipinski definition) is 2. The van der Waals surface area contributed by atoms with Crippen molar-refractivity contribution >= 4 is 124 Å². The van der Waals surface area contributed by atoms with Crippen LogP contribution in [0, 0.1) is 0 Å². The van der Waals surface area contributed by atoms with Crippen LogP contribution in [0.4, 0.5) is 34.1 Å². The van der Waals surface area contributed by atoms with Crippen molar-refractivity contribution in [2.45, 2.75) is 52.4 Å². The number of fused-ring (bicyclic) bond motifs is 7. The molecule has 0 amide bonds.